The van der Waals surface area contributed by atoms with Gasteiger partial charge in [0.2, 0.25) is 0 Å². The Labute approximate surface area is 162 Å². The lowest BCUT2D eigenvalue weighted by molar-refractivity contribution is 0.0647. The molecule has 0 fully saturated rings. The maximum atomic E-state index is 12.3. The second-order valence-electron chi connectivity index (χ2n) is 6.39. The average Bonchev–Trinajstić information content (AvgIpc) is 2.95. The predicted molar refractivity (Wildman–Crippen MR) is 101 cm³/mol. The van der Waals surface area contributed by atoms with Crippen molar-refractivity contribution in [1.29, 1.82) is 0 Å². The normalized spacial score (nSPS) is 12.8. The molecule has 2 amide bonds. The molecule has 0 saturated heterocycles. The summed E-state index contributed by atoms with van der Waals surface area (Å²) in [7, 11) is 1.49. The van der Waals surface area contributed by atoms with Crippen LogP contribution in [0.5, 0.6) is 11.5 Å². The van der Waals surface area contributed by atoms with Gasteiger partial charge in [-0.3, -0.25) is 14.5 Å². The minimum atomic E-state index is -1.03. The molecule has 7 heteroatoms. The Bertz CT molecular complexity index is 873. The van der Waals surface area contributed by atoms with E-state index in [0.29, 0.717) is 48.6 Å². The Kier molecular flexibility index (Phi) is 5.93. The number of hydrogen-bond acceptors (Lipinski definition) is 5. The molecule has 28 heavy (non-hydrogen) atoms. The second kappa shape index (κ2) is 8.56. The van der Waals surface area contributed by atoms with E-state index >= 15 is 0 Å². The Balaban J connectivity index is 1.45. The Hall–Kier alpha value is -3.35. The van der Waals surface area contributed by atoms with E-state index in [9.17, 15) is 14.4 Å². The Morgan fingerprint density at radius 1 is 0.964 bits per heavy atom. The van der Waals surface area contributed by atoms with E-state index in [4.69, 9.17) is 14.6 Å². The summed E-state index contributed by atoms with van der Waals surface area (Å²) in [6.45, 7) is 0.742. The molecule has 1 aliphatic heterocycles. The topological polar surface area (TPSA) is 93.1 Å². The highest BCUT2D eigenvalue weighted by atomic mass is 16.5. The highest BCUT2D eigenvalue weighted by Crippen LogP contribution is 2.28. The molecule has 0 radical (unpaired) electrons. The molecular weight excluding hydrogens is 362 g/mol. The van der Waals surface area contributed by atoms with Gasteiger partial charge in [-0.05, 0) is 49.6 Å². The summed E-state index contributed by atoms with van der Waals surface area (Å²) in [5.41, 5.74) is 1.05. The lowest BCUT2D eigenvalue weighted by atomic mass is 10.1. The van der Waals surface area contributed by atoms with Crippen molar-refractivity contribution in [1.82, 2.24) is 4.90 Å². The smallest absolute Gasteiger partial charge is 0.335 e. The van der Waals surface area contributed by atoms with Crippen molar-refractivity contribution in [3.8, 4) is 11.5 Å². The van der Waals surface area contributed by atoms with Crippen molar-refractivity contribution in [3.05, 3.63) is 59.2 Å². The van der Waals surface area contributed by atoms with Crippen molar-refractivity contribution in [2.24, 2.45) is 0 Å². The van der Waals surface area contributed by atoms with Crippen LogP contribution in [0, 0.1) is 0 Å². The molecule has 1 aliphatic rings. The van der Waals surface area contributed by atoms with Crippen LogP contribution < -0.4 is 9.47 Å². The molecular formula is C21H21NO6. The highest BCUT2D eigenvalue weighted by Gasteiger charge is 2.34. The zero-order chi connectivity index (χ0) is 20.1. The predicted octanol–water partition coefficient (Wildman–Crippen LogP) is 3.24. The van der Waals surface area contributed by atoms with Gasteiger partial charge < -0.3 is 14.6 Å². The van der Waals surface area contributed by atoms with Gasteiger partial charge >= 0.3 is 5.97 Å². The van der Waals surface area contributed by atoms with Crippen LogP contribution in [0.15, 0.2) is 42.5 Å². The number of carboxylic acid groups (broad SMARTS) is 1. The van der Waals surface area contributed by atoms with Crippen LogP contribution >= 0.6 is 0 Å². The monoisotopic (exact) mass is 383 g/mol. The van der Waals surface area contributed by atoms with Crippen molar-refractivity contribution in [2.45, 2.75) is 19.3 Å². The summed E-state index contributed by atoms with van der Waals surface area (Å²) in [6.07, 6.45) is 2.12. The number of methoxy groups -OCH3 is 1. The number of aromatic carboxylic acids is 1. The number of nitrogens with zero attached hydrogens (tertiary/aromatic N) is 1. The van der Waals surface area contributed by atoms with Gasteiger partial charge in [-0.2, -0.15) is 0 Å². The zero-order valence-corrected chi connectivity index (χ0v) is 15.5. The van der Waals surface area contributed by atoms with E-state index in [0.717, 1.165) is 6.42 Å². The molecule has 3 rings (SSSR count). The van der Waals surface area contributed by atoms with E-state index in [-0.39, 0.29) is 17.4 Å². The van der Waals surface area contributed by atoms with E-state index in [1.165, 1.54) is 24.1 Å². The minimum Gasteiger partial charge on any atom is -0.493 e. The average molecular weight is 383 g/mol. The van der Waals surface area contributed by atoms with Crippen LogP contribution in [-0.4, -0.2) is 48.1 Å². The zero-order valence-electron chi connectivity index (χ0n) is 15.5. The summed E-state index contributed by atoms with van der Waals surface area (Å²) in [4.78, 5) is 36.9. The molecule has 0 aromatic heterocycles. The van der Waals surface area contributed by atoms with Crippen molar-refractivity contribution in [3.63, 3.8) is 0 Å². The third kappa shape index (κ3) is 3.98. The number of fused-ring (bicyclic) bond motifs is 1. The number of benzene rings is 2. The summed E-state index contributed by atoms with van der Waals surface area (Å²) in [5.74, 6) is -0.675. The third-order valence-corrected chi connectivity index (χ3v) is 4.57. The molecule has 0 bridgehead atoms. The number of unbranched alkanes of at least 4 members (excludes halogenated alkanes) is 2. The first-order valence-corrected chi connectivity index (χ1v) is 9.02. The van der Waals surface area contributed by atoms with Crippen LogP contribution in [0.2, 0.25) is 0 Å². The quantitative estimate of drug-likeness (QED) is 0.528. The van der Waals surface area contributed by atoms with E-state index < -0.39 is 5.97 Å². The molecule has 0 saturated carbocycles. The molecule has 7 nitrogen and oxygen atoms in total. The fraction of sp³-hybridized carbons (Fsp3) is 0.286. The summed E-state index contributed by atoms with van der Waals surface area (Å²) >= 11 is 0. The number of hydrogen-bond donors (Lipinski definition) is 1. The van der Waals surface area contributed by atoms with Crippen LogP contribution in [0.1, 0.15) is 50.3 Å². The van der Waals surface area contributed by atoms with Crippen LogP contribution in [0.4, 0.5) is 0 Å². The van der Waals surface area contributed by atoms with Gasteiger partial charge in [0.1, 0.15) is 0 Å². The lowest BCUT2D eigenvalue weighted by Gasteiger charge is -2.14. The molecule has 146 valence electrons. The van der Waals surface area contributed by atoms with Gasteiger partial charge in [0.25, 0.3) is 11.8 Å². The van der Waals surface area contributed by atoms with Crippen molar-refractivity contribution >= 4 is 17.8 Å². The Morgan fingerprint density at radius 2 is 1.64 bits per heavy atom. The first-order chi connectivity index (χ1) is 13.5. The molecule has 0 unspecified atom stereocenters. The van der Waals surface area contributed by atoms with Crippen LogP contribution in [-0.2, 0) is 0 Å². The van der Waals surface area contributed by atoms with Gasteiger partial charge in [0, 0.05) is 6.54 Å². The number of imide groups is 1. The Morgan fingerprint density at radius 3 is 2.25 bits per heavy atom. The number of rotatable bonds is 9. The fourth-order valence-corrected chi connectivity index (χ4v) is 3.10. The molecule has 0 aliphatic carbocycles. The lowest BCUT2D eigenvalue weighted by Crippen LogP contribution is -2.30. The summed E-state index contributed by atoms with van der Waals surface area (Å²) in [6, 6.07) is 11.3. The number of ether oxygens (including phenoxy) is 2. The van der Waals surface area contributed by atoms with Gasteiger partial charge in [0.05, 0.1) is 30.4 Å². The molecule has 2 aromatic rings. The largest absolute Gasteiger partial charge is 0.493 e. The minimum absolute atomic E-state index is 0.126. The second-order valence-corrected chi connectivity index (χ2v) is 6.39. The van der Waals surface area contributed by atoms with Crippen molar-refractivity contribution < 1.29 is 29.0 Å². The maximum Gasteiger partial charge on any atom is 0.335 e. The molecule has 1 heterocycles. The summed E-state index contributed by atoms with van der Waals surface area (Å²) < 4.78 is 10.8. The van der Waals surface area contributed by atoms with Gasteiger partial charge in [0.15, 0.2) is 11.5 Å². The molecule has 2 aromatic carbocycles. The highest BCUT2D eigenvalue weighted by molar-refractivity contribution is 6.21. The SMILES string of the molecule is COc1ccc(C(=O)O)cc1OCCCCCN1C(=O)c2ccccc2C1=O. The number of carbonyl (C=O) groups excluding carboxylic acids is 2. The standard InChI is InChI=1S/C21H21NO6/c1-27-17-10-9-14(21(25)26)13-18(17)28-12-6-2-5-11-22-19(23)15-7-3-4-8-16(15)20(22)24/h3-4,7-10,13H,2,5-6,11-12H2,1H3,(H,25,26). The third-order valence-electron chi connectivity index (χ3n) is 4.57. The number of carboxylic acids is 1. The van der Waals surface area contributed by atoms with Gasteiger partial charge in [-0.1, -0.05) is 12.1 Å². The van der Waals surface area contributed by atoms with Gasteiger partial charge in [-0.15, -0.1) is 0 Å². The molecule has 1 N–H and O–H groups in total. The fourth-order valence-electron chi connectivity index (χ4n) is 3.10. The van der Waals surface area contributed by atoms with E-state index in [1.54, 1.807) is 30.3 Å². The first kappa shape index (κ1) is 19.4. The first-order valence-electron chi connectivity index (χ1n) is 9.02. The number of carbonyl (C=O) groups is 3. The maximum absolute atomic E-state index is 12.3. The van der Waals surface area contributed by atoms with Crippen LogP contribution in [0.25, 0.3) is 0 Å². The van der Waals surface area contributed by atoms with E-state index in [1.807, 2.05) is 0 Å². The van der Waals surface area contributed by atoms with Crippen LogP contribution in [0.3, 0.4) is 0 Å². The summed E-state index contributed by atoms with van der Waals surface area (Å²) in [5, 5.41) is 9.07. The van der Waals surface area contributed by atoms with E-state index in [2.05, 4.69) is 0 Å². The van der Waals surface area contributed by atoms with Crippen molar-refractivity contribution in [2.75, 3.05) is 20.3 Å². The number of amides is 2. The molecule has 0 atom stereocenters. The molecule has 0 spiro atoms. The van der Waals surface area contributed by atoms with Gasteiger partial charge in [-0.25, -0.2) is 4.79 Å².